The number of rotatable bonds is 1. The average Bonchev–Trinajstić information content (AvgIpc) is 1.88. The van der Waals surface area contributed by atoms with Gasteiger partial charge in [-0.1, -0.05) is 0 Å². The minimum atomic E-state index is -0.321. The molecule has 1 heterocycles. The van der Waals surface area contributed by atoms with Gasteiger partial charge in [-0.15, -0.1) is 17.8 Å². The Balaban J connectivity index is 0. The van der Waals surface area contributed by atoms with E-state index in [-0.39, 0.29) is 41.1 Å². The summed E-state index contributed by atoms with van der Waals surface area (Å²) in [6.45, 7) is 0. The van der Waals surface area contributed by atoms with Crippen LogP contribution in [0.15, 0.2) is 26.4 Å². The molecule has 0 unspecified atom stereocenters. The van der Waals surface area contributed by atoms with Crippen LogP contribution < -0.4 is 18.0 Å². The van der Waals surface area contributed by atoms with E-state index < -0.39 is 0 Å². The molecule has 0 aromatic carbocycles. The average molecular weight is 201 g/mol. The minimum absolute atomic E-state index is 0. The Morgan fingerprint density at radius 2 is 2.27 bits per heavy atom. The maximum Gasteiger partial charge on any atom is 2.00 e. The number of hydrogen-bond donors (Lipinski definition) is 0. The molecule has 0 saturated carbocycles. The van der Waals surface area contributed by atoms with E-state index >= 15 is 0 Å². The van der Waals surface area contributed by atoms with Crippen LogP contribution in [0.2, 0.25) is 0 Å². The Kier molecular flexibility index (Phi) is 8.89. The summed E-state index contributed by atoms with van der Waals surface area (Å²) in [7, 11) is 0. The summed E-state index contributed by atoms with van der Waals surface area (Å²) in [6, 6.07) is 5.64. The Morgan fingerprint density at radius 3 is 2.64 bits per heavy atom. The molecule has 56 valence electrons. The van der Waals surface area contributed by atoms with Gasteiger partial charge < -0.3 is 16.8 Å². The molecule has 1 aromatic rings. The van der Waals surface area contributed by atoms with Crippen LogP contribution in [-0.4, -0.2) is 29.3 Å². The van der Waals surface area contributed by atoms with Crippen LogP contribution in [-0.2, 0) is 0 Å². The Hall–Kier alpha value is 0.356. The van der Waals surface area contributed by atoms with Crippen molar-refractivity contribution < 1.29 is 16.8 Å². The zero-order valence-corrected chi connectivity index (χ0v) is 8.95. The summed E-state index contributed by atoms with van der Waals surface area (Å²) >= 11 is 1.36. The first-order valence-corrected chi connectivity index (χ1v) is 3.61. The van der Waals surface area contributed by atoms with Gasteiger partial charge in [-0.3, -0.25) is 4.79 Å². The summed E-state index contributed by atoms with van der Waals surface area (Å²) in [6.07, 6.45) is 1.83. The van der Waals surface area contributed by atoms with Crippen molar-refractivity contribution in [2.24, 2.45) is 0 Å². The Bertz CT molecular complexity index is 250. The molecule has 0 fully saturated rings. The van der Waals surface area contributed by atoms with Gasteiger partial charge >= 0.3 is 23.1 Å². The third-order valence-corrected chi connectivity index (χ3v) is 1.37. The summed E-state index contributed by atoms with van der Waals surface area (Å²) in [5.41, 5.74) is -0.321. The maximum atomic E-state index is 10.4. The molecule has 0 aliphatic heterocycles. The van der Waals surface area contributed by atoms with Gasteiger partial charge in [-0.05, 0) is 6.26 Å². The van der Waals surface area contributed by atoms with Crippen LogP contribution in [0.5, 0.6) is 0 Å². The second-order valence-electron chi connectivity index (χ2n) is 1.39. The van der Waals surface area contributed by atoms with Crippen LogP contribution in [0, 0.1) is 6.07 Å². The molecule has 0 N–H and O–H groups in total. The zero-order valence-electron chi connectivity index (χ0n) is 5.96. The number of hydrogen-bond acceptors (Lipinski definition) is 3. The molecular formula is C6H5ClMgO2S. The summed E-state index contributed by atoms with van der Waals surface area (Å²) in [4.78, 5) is 10.4. The van der Waals surface area contributed by atoms with Gasteiger partial charge in [-0.25, -0.2) is 6.07 Å². The summed E-state index contributed by atoms with van der Waals surface area (Å²) in [5.74, 6) is 0. The van der Waals surface area contributed by atoms with E-state index in [2.05, 4.69) is 10.5 Å². The van der Waals surface area contributed by atoms with E-state index in [1.54, 1.807) is 6.07 Å². The maximum absolute atomic E-state index is 10.4. The molecule has 1 aromatic heterocycles. The molecule has 2 nitrogen and oxygen atoms in total. The fraction of sp³-hybridized carbons (Fsp3) is 0.167. The standard InChI is InChI=1S/C6H5O2S.ClH.Mg/c1-9-6-4-2-3-5(7)8-6;;/h2-3H,1H3;1H;/q-1;;+2/p-1. The normalized spacial score (nSPS) is 7.73. The Labute approximate surface area is 91.3 Å². The monoisotopic (exact) mass is 200 g/mol. The molecule has 0 saturated heterocycles. The summed E-state index contributed by atoms with van der Waals surface area (Å²) in [5, 5.41) is 0.530. The SMILES string of the molecule is CSc1[c-]ccc(=O)o1.[Cl-].[Mg+2]. The van der Waals surface area contributed by atoms with Crippen LogP contribution in [0.1, 0.15) is 0 Å². The van der Waals surface area contributed by atoms with Crippen molar-refractivity contribution in [3.8, 4) is 0 Å². The van der Waals surface area contributed by atoms with Gasteiger partial charge in [-0.2, -0.15) is 6.07 Å². The van der Waals surface area contributed by atoms with Crippen LogP contribution in [0.3, 0.4) is 0 Å². The van der Waals surface area contributed by atoms with E-state index in [0.717, 1.165) is 0 Å². The molecule has 0 spiro atoms. The molecule has 0 radical (unpaired) electrons. The van der Waals surface area contributed by atoms with Gasteiger partial charge in [0.15, 0.2) is 0 Å². The fourth-order valence-corrected chi connectivity index (χ4v) is 0.785. The second-order valence-corrected chi connectivity index (χ2v) is 2.17. The third kappa shape index (κ3) is 4.74. The largest absolute Gasteiger partial charge is 2.00 e. The zero-order chi connectivity index (χ0) is 6.69. The van der Waals surface area contributed by atoms with Gasteiger partial charge in [0.1, 0.15) is 0 Å². The molecule has 0 aliphatic carbocycles. The van der Waals surface area contributed by atoms with E-state index in [1.165, 1.54) is 17.8 Å². The van der Waals surface area contributed by atoms with Crippen LogP contribution in [0.25, 0.3) is 0 Å². The molecule has 11 heavy (non-hydrogen) atoms. The smallest absolute Gasteiger partial charge is 1.00 e. The fourth-order valence-electron chi connectivity index (χ4n) is 0.433. The first-order chi connectivity index (χ1) is 4.33. The van der Waals surface area contributed by atoms with Crippen molar-refractivity contribution in [3.63, 3.8) is 0 Å². The predicted octanol–water partition coefficient (Wildman–Crippen LogP) is -2.21. The van der Waals surface area contributed by atoms with Crippen molar-refractivity contribution >= 4 is 34.8 Å². The molecule has 1 rings (SSSR count). The first kappa shape index (κ1) is 13.9. The summed E-state index contributed by atoms with van der Waals surface area (Å²) < 4.78 is 4.68. The molecular weight excluding hydrogens is 196 g/mol. The third-order valence-electron chi connectivity index (χ3n) is 0.799. The molecule has 0 bridgehead atoms. The van der Waals surface area contributed by atoms with E-state index in [1.807, 2.05) is 6.26 Å². The van der Waals surface area contributed by atoms with Crippen LogP contribution in [0.4, 0.5) is 0 Å². The van der Waals surface area contributed by atoms with Crippen molar-refractivity contribution in [2.45, 2.75) is 5.09 Å². The molecule has 0 aliphatic rings. The molecule has 0 amide bonds. The van der Waals surface area contributed by atoms with Gasteiger partial charge in [0.2, 0.25) is 0 Å². The van der Waals surface area contributed by atoms with Crippen molar-refractivity contribution in [3.05, 3.63) is 28.6 Å². The number of thioether (sulfide) groups is 1. The quantitative estimate of drug-likeness (QED) is 0.293. The van der Waals surface area contributed by atoms with Gasteiger partial charge in [0, 0.05) is 0 Å². The van der Waals surface area contributed by atoms with Crippen molar-refractivity contribution in [1.82, 2.24) is 0 Å². The van der Waals surface area contributed by atoms with E-state index in [0.29, 0.717) is 5.09 Å². The molecule has 5 heteroatoms. The number of halogens is 1. The van der Waals surface area contributed by atoms with Gasteiger partial charge in [0.05, 0.1) is 5.09 Å². The Morgan fingerprint density at radius 1 is 1.64 bits per heavy atom. The topological polar surface area (TPSA) is 30.2 Å². The van der Waals surface area contributed by atoms with E-state index in [9.17, 15) is 4.79 Å². The first-order valence-electron chi connectivity index (χ1n) is 2.39. The predicted molar refractivity (Wildman–Crippen MR) is 41.3 cm³/mol. The minimum Gasteiger partial charge on any atom is -1.00 e. The second kappa shape index (κ2) is 7.03. The van der Waals surface area contributed by atoms with E-state index in [4.69, 9.17) is 0 Å². The molecule has 0 atom stereocenters. The van der Waals surface area contributed by atoms with Crippen molar-refractivity contribution in [1.29, 1.82) is 0 Å². The van der Waals surface area contributed by atoms with Gasteiger partial charge in [0.25, 0.3) is 5.63 Å². The van der Waals surface area contributed by atoms with Crippen LogP contribution >= 0.6 is 11.8 Å². The van der Waals surface area contributed by atoms with Crippen molar-refractivity contribution in [2.75, 3.05) is 6.26 Å².